The van der Waals surface area contributed by atoms with Gasteiger partial charge in [0, 0.05) is 16.9 Å². The fourth-order valence-corrected chi connectivity index (χ4v) is 6.58. The van der Waals surface area contributed by atoms with E-state index < -0.39 is 47.1 Å². The Kier molecular flexibility index (Phi) is 7.13. The normalized spacial score (nSPS) is 34.4. The molecular formula is C23H35BrN2O6. The van der Waals surface area contributed by atoms with Crippen LogP contribution < -0.4 is 0 Å². The number of esters is 1. The van der Waals surface area contributed by atoms with Crippen molar-refractivity contribution >= 4 is 33.7 Å². The van der Waals surface area contributed by atoms with Crippen LogP contribution in [-0.2, 0) is 23.9 Å². The van der Waals surface area contributed by atoms with E-state index in [1.54, 1.807) is 17.9 Å². The maximum atomic E-state index is 14.1. The number of rotatable bonds is 8. The molecule has 3 aliphatic heterocycles. The maximum absolute atomic E-state index is 14.1. The first kappa shape index (κ1) is 25.2. The Morgan fingerprint density at radius 1 is 1.44 bits per heavy atom. The molecule has 3 saturated heterocycles. The lowest BCUT2D eigenvalue weighted by Gasteiger charge is -2.43. The minimum atomic E-state index is -1.16. The number of hydrogen-bond acceptors (Lipinski definition) is 6. The molecular weight excluding hydrogens is 480 g/mol. The van der Waals surface area contributed by atoms with E-state index in [0.717, 1.165) is 0 Å². The summed E-state index contributed by atoms with van der Waals surface area (Å²) < 4.78 is 11.7. The Hall–Kier alpha value is -1.45. The SMILES string of the molecule is C=CCN(C(=O)C1N([C@@H](CC)CO)C(=O)[C@@H]2[C@@H](C(=O)OCC)[C@@H]3OC12CC3Br)C(C)(C)C. The van der Waals surface area contributed by atoms with Crippen LogP contribution in [0.3, 0.4) is 0 Å². The van der Waals surface area contributed by atoms with Crippen molar-refractivity contribution in [1.29, 1.82) is 0 Å². The Morgan fingerprint density at radius 3 is 2.59 bits per heavy atom. The highest BCUT2D eigenvalue weighted by Crippen LogP contribution is 2.60. The molecule has 0 aliphatic carbocycles. The van der Waals surface area contributed by atoms with Crippen molar-refractivity contribution in [3.63, 3.8) is 0 Å². The minimum Gasteiger partial charge on any atom is -0.466 e. The van der Waals surface area contributed by atoms with Gasteiger partial charge in [0.15, 0.2) is 0 Å². The first-order valence-electron chi connectivity index (χ1n) is 11.3. The van der Waals surface area contributed by atoms with E-state index in [1.807, 2.05) is 27.7 Å². The number of amides is 2. The van der Waals surface area contributed by atoms with Crippen molar-refractivity contribution in [1.82, 2.24) is 9.80 Å². The summed E-state index contributed by atoms with van der Waals surface area (Å²) >= 11 is 3.63. The number of ether oxygens (including phenoxy) is 2. The van der Waals surface area contributed by atoms with Crippen LogP contribution in [0.25, 0.3) is 0 Å². The first-order valence-corrected chi connectivity index (χ1v) is 12.3. The van der Waals surface area contributed by atoms with Crippen LogP contribution >= 0.6 is 15.9 Å². The number of hydrogen-bond donors (Lipinski definition) is 1. The van der Waals surface area contributed by atoms with Crippen LogP contribution in [0, 0.1) is 11.8 Å². The summed E-state index contributed by atoms with van der Waals surface area (Å²) in [6, 6.07) is -1.50. The van der Waals surface area contributed by atoms with E-state index in [0.29, 0.717) is 19.4 Å². The molecule has 9 heteroatoms. The Morgan fingerprint density at radius 2 is 2.09 bits per heavy atom. The van der Waals surface area contributed by atoms with Gasteiger partial charge in [-0.1, -0.05) is 28.9 Å². The standard InChI is InChI=1S/C23H35BrN2O6/c1-7-10-25(22(4,5)6)20(29)18-23-11-14(24)17(32-23)15(21(30)31-9-3)16(23)19(28)26(18)13(8-2)12-27/h7,13-18,27H,1,8-12H2,2-6H3/t13-,14?,15+,16-,17+,18?,23?/m0/s1. The number of halogens is 1. The number of nitrogens with zero attached hydrogens (tertiary/aromatic N) is 2. The fourth-order valence-electron chi connectivity index (χ4n) is 5.63. The quantitative estimate of drug-likeness (QED) is 0.301. The average molecular weight is 515 g/mol. The summed E-state index contributed by atoms with van der Waals surface area (Å²) in [4.78, 5) is 43.8. The first-order chi connectivity index (χ1) is 15.0. The van der Waals surface area contributed by atoms with Crippen LogP contribution in [0.5, 0.6) is 0 Å². The Bertz CT molecular complexity index is 779. The summed E-state index contributed by atoms with van der Waals surface area (Å²) in [6.07, 6.45) is 2.00. The molecule has 0 radical (unpaired) electrons. The van der Waals surface area contributed by atoms with Crippen LogP contribution in [0.2, 0.25) is 0 Å². The van der Waals surface area contributed by atoms with Crippen molar-refractivity contribution in [3.8, 4) is 0 Å². The fraction of sp³-hybridized carbons (Fsp3) is 0.783. The molecule has 0 aromatic heterocycles. The third-order valence-electron chi connectivity index (χ3n) is 6.98. The van der Waals surface area contributed by atoms with Crippen molar-refractivity contribution < 1.29 is 29.0 Å². The molecule has 32 heavy (non-hydrogen) atoms. The van der Waals surface area contributed by atoms with Crippen molar-refractivity contribution in [2.45, 2.75) is 81.6 Å². The van der Waals surface area contributed by atoms with Gasteiger partial charge >= 0.3 is 5.97 Å². The van der Waals surface area contributed by atoms with E-state index in [4.69, 9.17) is 9.47 Å². The second kappa shape index (κ2) is 9.06. The molecule has 1 N–H and O–H groups in total. The van der Waals surface area contributed by atoms with Gasteiger partial charge in [-0.2, -0.15) is 0 Å². The molecule has 3 rings (SSSR count). The van der Waals surface area contributed by atoms with Gasteiger partial charge in [-0.25, -0.2) is 0 Å². The minimum absolute atomic E-state index is 0.187. The molecule has 180 valence electrons. The Balaban J connectivity index is 2.15. The number of likely N-dealkylation sites (tertiary alicyclic amines) is 1. The molecule has 1 spiro atoms. The molecule has 2 bridgehead atoms. The number of carbonyl (C=O) groups excluding carboxylic acids is 3. The molecule has 3 unspecified atom stereocenters. The summed E-state index contributed by atoms with van der Waals surface area (Å²) in [5, 5.41) is 10.1. The van der Waals surface area contributed by atoms with Gasteiger partial charge in [0.2, 0.25) is 11.8 Å². The van der Waals surface area contributed by atoms with Gasteiger partial charge in [0.05, 0.1) is 37.2 Å². The number of carbonyl (C=O) groups is 3. The molecule has 0 aromatic carbocycles. The lowest BCUT2D eigenvalue weighted by molar-refractivity contribution is -0.157. The van der Waals surface area contributed by atoms with Gasteiger partial charge in [-0.3, -0.25) is 14.4 Å². The van der Waals surface area contributed by atoms with E-state index in [1.165, 1.54) is 4.90 Å². The molecule has 7 atom stereocenters. The van der Waals surface area contributed by atoms with Crippen molar-refractivity contribution in [3.05, 3.63) is 12.7 Å². The molecule has 3 fully saturated rings. The van der Waals surface area contributed by atoms with Gasteiger partial charge in [0.1, 0.15) is 11.6 Å². The van der Waals surface area contributed by atoms with Gasteiger partial charge in [-0.15, -0.1) is 6.58 Å². The van der Waals surface area contributed by atoms with E-state index in [2.05, 4.69) is 22.5 Å². The number of aliphatic hydroxyl groups excluding tert-OH is 1. The van der Waals surface area contributed by atoms with Gasteiger partial charge in [0.25, 0.3) is 0 Å². The van der Waals surface area contributed by atoms with E-state index in [-0.39, 0.29) is 29.9 Å². The zero-order valence-electron chi connectivity index (χ0n) is 19.5. The van der Waals surface area contributed by atoms with Crippen LogP contribution in [-0.4, -0.2) is 86.6 Å². The Labute approximate surface area is 198 Å². The zero-order valence-corrected chi connectivity index (χ0v) is 21.1. The van der Waals surface area contributed by atoms with Crippen LogP contribution in [0.4, 0.5) is 0 Å². The molecule has 0 aromatic rings. The lowest BCUT2D eigenvalue weighted by atomic mass is 9.70. The monoisotopic (exact) mass is 514 g/mol. The summed E-state index contributed by atoms with van der Waals surface area (Å²) in [7, 11) is 0. The predicted octanol–water partition coefficient (Wildman–Crippen LogP) is 1.88. The third kappa shape index (κ3) is 3.70. The zero-order chi connectivity index (χ0) is 24.0. The maximum Gasteiger partial charge on any atom is 0.312 e. The molecule has 2 amide bonds. The average Bonchev–Trinajstić information content (AvgIpc) is 3.30. The molecule has 0 saturated carbocycles. The largest absolute Gasteiger partial charge is 0.466 e. The third-order valence-corrected chi connectivity index (χ3v) is 7.83. The molecule has 8 nitrogen and oxygen atoms in total. The second-order valence-electron chi connectivity index (χ2n) is 9.81. The predicted molar refractivity (Wildman–Crippen MR) is 122 cm³/mol. The molecule has 3 heterocycles. The number of alkyl halides is 1. The topological polar surface area (TPSA) is 96.4 Å². The summed E-state index contributed by atoms with van der Waals surface area (Å²) in [5.41, 5.74) is -1.68. The summed E-state index contributed by atoms with van der Waals surface area (Å²) in [6.45, 7) is 13.4. The van der Waals surface area contributed by atoms with Crippen LogP contribution in [0.15, 0.2) is 12.7 Å². The number of aliphatic hydroxyl groups is 1. The van der Waals surface area contributed by atoms with Gasteiger partial charge in [-0.05, 0) is 40.5 Å². The van der Waals surface area contributed by atoms with Crippen molar-refractivity contribution in [2.75, 3.05) is 19.8 Å². The second-order valence-corrected chi connectivity index (χ2v) is 11.0. The molecule has 3 aliphatic rings. The van der Waals surface area contributed by atoms with Crippen LogP contribution in [0.1, 0.15) is 47.5 Å². The lowest BCUT2D eigenvalue weighted by Crippen LogP contribution is -2.61. The smallest absolute Gasteiger partial charge is 0.312 e. The van der Waals surface area contributed by atoms with E-state index in [9.17, 15) is 19.5 Å². The van der Waals surface area contributed by atoms with Crippen molar-refractivity contribution in [2.24, 2.45) is 11.8 Å². The highest BCUT2D eigenvalue weighted by atomic mass is 79.9. The highest BCUT2D eigenvalue weighted by molar-refractivity contribution is 9.09. The highest BCUT2D eigenvalue weighted by Gasteiger charge is 2.77. The summed E-state index contributed by atoms with van der Waals surface area (Å²) in [5.74, 6) is -2.67. The number of fused-ring (bicyclic) bond motifs is 1. The van der Waals surface area contributed by atoms with Gasteiger partial charge < -0.3 is 24.4 Å². The van der Waals surface area contributed by atoms with E-state index >= 15 is 0 Å².